The molecular weight excluding hydrogens is 354 g/mol. The Hall–Kier alpha value is -3.06. The molecular formula is C21H25N5O2. The molecule has 0 radical (unpaired) electrons. The lowest BCUT2D eigenvalue weighted by Gasteiger charge is -2.20. The highest BCUT2D eigenvalue weighted by atomic mass is 16.5. The topological polar surface area (TPSA) is 81.9 Å². The van der Waals surface area contributed by atoms with E-state index < -0.39 is 0 Å². The van der Waals surface area contributed by atoms with Crippen molar-refractivity contribution in [1.82, 2.24) is 25.5 Å². The second-order valence-electron chi connectivity index (χ2n) is 6.99. The fourth-order valence-corrected chi connectivity index (χ4v) is 3.14. The molecule has 0 aliphatic heterocycles. The molecule has 0 amide bonds. The average molecular weight is 379 g/mol. The maximum Gasteiger partial charge on any atom is 0.323 e. The second kappa shape index (κ2) is 8.75. The van der Waals surface area contributed by atoms with Gasteiger partial charge in [0.25, 0.3) is 0 Å². The Labute approximate surface area is 164 Å². The lowest BCUT2D eigenvalue weighted by molar-refractivity contribution is -0.144. The van der Waals surface area contributed by atoms with Gasteiger partial charge in [-0.2, -0.15) is 0 Å². The Kier molecular flexibility index (Phi) is 6.16. The number of ether oxygens (including phenoxy) is 1. The van der Waals surface area contributed by atoms with E-state index in [2.05, 4.69) is 51.2 Å². The molecule has 146 valence electrons. The maximum absolute atomic E-state index is 11.9. The normalized spacial score (nSPS) is 12.2. The van der Waals surface area contributed by atoms with E-state index in [0.29, 0.717) is 6.54 Å². The van der Waals surface area contributed by atoms with Gasteiger partial charge in [0.15, 0.2) is 5.82 Å². The third kappa shape index (κ3) is 4.26. The summed E-state index contributed by atoms with van der Waals surface area (Å²) in [5.41, 5.74) is 4.22. The minimum Gasteiger partial charge on any atom is -0.468 e. The number of rotatable bonds is 7. The zero-order valence-electron chi connectivity index (χ0n) is 16.6. The molecule has 7 nitrogen and oxygen atoms in total. The zero-order chi connectivity index (χ0) is 20.1. The molecule has 0 saturated heterocycles. The number of tetrazole rings is 1. The predicted molar refractivity (Wildman–Crippen MR) is 107 cm³/mol. The van der Waals surface area contributed by atoms with Crippen LogP contribution in [0.5, 0.6) is 0 Å². The van der Waals surface area contributed by atoms with E-state index in [1.165, 1.54) is 7.11 Å². The van der Waals surface area contributed by atoms with Crippen molar-refractivity contribution in [2.24, 2.45) is 13.0 Å². The van der Waals surface area contributed by atoms with Crippen LogP contribution in [0.1, 0.15) is 19.4 Å². The smallest absolute Gasteiger partial charge is 0.323 e. The molecule has 1 heterocycles. The van der Waals surface area contributed by atoms with Gasteiger partial charge >= 0.3 is 5.97 Å². The lowest BCUT2D eigenvalue weighted by atomic mass is 9.98. The number of nitrogens with zero attached hydrogens (tertiary/aromatic N) is 4. The molecule has 0 aliphatic rings. The van der Waals surface area contributed by atoms with Crippen molar-refractivity contribution in [2.45, 2.75) is 26.4 Å². The summed E-state index contributed by atoms with van der Waals surface area (Å²) in [5.74, 6) is 0.635. The van der Waals surface area contributed by atoms with Crippen LogP contribution in [0.2, 0.25) is 0 Å². The second-order valence-corrected chi connectivity index (χ2v) is 6.99. The molecule has 0 unspecified atom stereocenters. The van der Waals surface area contributed by atoms with Crippen LogP contribution in [0.25, 0.3) is 22.5 Å². The zero-order valence-corrected chi connectivity index (χ0v) is 16.6. The quantitative estimate of drug-likeness (QED) is 0.636. The Morgan fingerprint density at radius 3 is 2.36 bits per heavy atom. The molecule has 3 rings (SSSR count). The number of methoxy groups -OCH3 is 1. The van der Waals surface area contributed by atoms with Gasteiger partial charge in [-0.1, -0.05) is 62.4 Å². The van der Waals surface area contributed by atoms with Crippen LogP contribution in [-0.4, -0.2) is 39.3 Å². The summed E-state index contributed by atoms with van der Waals surface area (Å²) in [6, 6.07) is 16.0. The number of carbonyl (C=O) groups excluding carboxylic acids is 1. The summed E-state index contributed by atoms with van der Waals surface area (Å²) < 4.78 is 6.54. The number of benzene rings is 2. The van der Waals surface area contributed by atoms with Crippen molar-refractivity contribution in [3.8, 4) is 22.5 Å². The van der Waals surface area contributed by atoms with Crippen molar-refractivity contribution in [3.05, 3.63) is 54.1 Å². The summed E-state index contributed by atoms with van der Waals surface area (Å²) in [5, 5.41) is 15.1. The number of esters is 1. The molecule has 0 saturated carbocycles. The van der Waals surface area contributed by atoms with Gasteiger partial charge in [0.2, 0.25) is 0 Å². The molecule has 1 aromatic heterocycles. The number of hydrogen-bond donors (Lipinski definition) is 1. The molecule has 1 atom stereocenters. The monoisotopic (exact) mass is 379 g/mol. The van der Waals surface area contributed by atoms with Crippen molar-refractivity contribution in [2.75, 3.05) is 7.11 Å². The molecule has 0 spiro atoms. The molecule has 2 aromatic carbocycles. The van der Waals surface area contributed by atoms with Crippen LogP contribution in [-0.2, 0) is 23.1 Å². The number of hydrogen-bond acceptors (Lipinski definition) is 6. The molecule has 3 aromatic rings. The Morgan fingerprint density at radius 2 is 1.79 bits per heavy atom. The predicted octanol–water partition coefficient (Wildman–Crippen LogP) is 2.83. The standard InChI is InChI=1S/C21H25N5O2/c1-14(2)19(21(27)28-4)22-13-15-9-11-16(12-10-15)17-7-5-6-8-18(17)20-23-24-25-26(20)3/h5-12,14,19,22H,13H2,1-4H3/t19-/m0/s1. The van der Waals surface area contributed by atoms with Gasteiger partial charge in [-0.15, -0.1) is 5.10 Å². The number of aryl methyl sites for hydroxylation is 1. The van der Waals surface area contributed by atoms with Crippen LogP contribution in [0.3, 0.4) is 0 Å². The minimum atomic E-state index is -0.325. The van der Waals surface area contributed by atoms with Crippen LogP contribution < -0.4 is 5.32 Å². The van der Waals surface area contributed by atoms with E-state index in [1.807, 2.05) is 39.1 Å². The first kappa shape index (κ1) is 19.7. The van der Waals surface area contributed by atoms with Crippen molar-refractivity contribution < 1.29 is 9.53 Å². The van der Waals surface area contributed by atoms with Crippen LogP contribution in [0.15, 0.2) is 48.5 Å². The fraction of sp³-hybridized carbons (Fsp3) is 0.333. The SMILES string of the molecule is COC(=O)[C@@H](NCc1ccc(-c2ccccc2-c2nnnn2C)cc1)C(C)C. The van der Waals surface area contributed by atoms with E-state index >= 15 is 0 Å². The lowest BCUT2D eigenvalue weighted by Crippen LogP contribution is -2.41. The van der Waals surface area contributed by atoms with E-state index in [4.69, 9.17) is 4.74 Å². The van der Waals surface area contributed by atoms with Gasteiger partial charge in [-0.25, -0.2) is 4.68 Å². The van der Waals surface area contributed by atoms with E-state index in [0.717, 1.165) is 28.1 Å². The fourth-order valence-electron chi connectivity index (χ4n) is 3.14. The van der Waals surface area contributed by atoms with Gasteiger partial charge in [-0.3, -0.25) is 4.79 Å². The van der Waals surface area contributed by atoms with Crippen LogP contribution in [0, 0.1) is 5.92 Å². The number of nitrogens with one attached hydrogen (secondary N) is 1. The summed E-state index contributed by atoms with van der Waals surface area (Å²) in [7, 11) is 3.24. The molecule has 7 heteroatoms. The third-order valence-corrected chi connectivity index (χ3v) is 4.70. The van der Waals surface area contributed by atoms with Gasteiger partial charge in [0, 0.05) is 19.2 Å². The number of carbonyl (C=O) groups is 1. The summed E-state index contributed by atoms with van der Waals surface area (Å²) in [4.78, 5) is 11.9. The Morgan fingerprint density at radius 1 is 1.11 bits per heavy atom. The molecule has 0 bridgehead atoms. The highest BCUT2D eigenvalue weighted by Gasteiger charge is 2.22. The van der Waals surface area contributed by atoms with Gasteiger partial charge in [-0.05, 0) is 33.0 Å². The Balaban J connectivity index is 1.79. The van der Waals surface area contributed by atoms with Crippen molar-refractivity contribution in [3.63, 3.8) is 0 Å². The maximum atomic E-state index is 11.9. The van der Waals surface area contributed by atoms with E-state index in [9.17, 15) is 4.79 Å². The van der Waals surface area contributed by atoms with E-state index in [1.54, 1.807) is 4.68 Å². The molecule has 28 heavy (non-hydrogen) atoms. The first-order valence-electron chi connectivity index (χ1n) is 9.23. The summed E-state index contributed by atoms with van der Waals surface area (Å²) >= 11 is 0. The first-order valence-corrected chi connectivity index (χ1v) is 9.23. The summed E-state index contributed by atoms with van der Waals surface area (Å²) in [6.45, 7) is 4.58. The van der Waals surface area contributed by atoms with Gasteiger partial charge in [0.05, 0.1) is 7.11 Å². The minimum absolute atomic E-state index is 0.151. The first-order chi connectivity index (χ1) is 13.5. The van der Waals surface area contributed by atoms with Crippen LogP contribution >= 0.6 is 0 Å². The van der Waals surface area contributed by atoms with Crippen molar-refractivity contribution in [1.29, 1.82) is 0 Å². The van der Waals surface area contributed by atoms with Gasteiger partial charge in [0.1, 0.15) is 6.04 Å². The molecule has 0 aliphatic carbocycles. The Bertz CT molecular complexity index is 934. The third-order valence-electron chi connectivity index (χ3n) is 4.70. The molecule has 1 N–H and O–H groups in total. The average Bonchev–Trinajstić information content (AvgIpc) is 3.14. The largest absolute Gasteiger partial charge is 0.468 e. The highest BCUT2D eigenvalue weighted by Crippen LogP contribution is 2.30. The molecule has 0 fully saturated rings. The highest BCUT2D eigenvalue weighted by molar-refractivity contribution is 5.80. The van der Waals surface area contributed by atoms with E-state index in [-0.39, 0.29) is 17.9 Å². The van der Waals surface area contributed by atoms with Crippen molar-refractivity contribution >= 4 is 5.97 Å². The summed E-state index contributed by atoms with van der Waals surface area (Å²) in [6.07, 6.45) is 0. The van der Waals surface area contributed by atoms with Gasteiger partial charge < -0.3 is 10.1 Å². The number of aromatic nitrogens is 4. The van der Waals surface area contributed by atoms with Crippen LogP contribution in [0.4, 0.5) is 0 Å².